The van der Waals surface area contributed by atoms with E-state index in [0.717, 1.165) is 17.3 Å². The molecule has 0 amide bonds. The summed E-state index contributed by atoms with van der Waals surface area (Å²) in [6.07, 6.45) is 8.26. The molecule has 1 atom stereocenters. The fourth-order valence-electron chi connectivity index (χ4n) is 2.01. The highest BCUT2D eigenvalue weighted by atomic mass is 32.2. The lowest BCUT2D eigenvalue weighted by atomic mass is 10.2. The number of rotatable bonds is 3. The van der Waals surface area contributed by atoms with Gasteiger partial charge in [-0.3, -0.25) is 0 Å². The predicted octanol–water partition coefficient (Wildman–Crippen LogP) is 3.09. The topological polar surface area (TPSA) is 52.7 Å². The smallest absolute Gasteiger partial charge is 0.144 e. The first-order chi connectivity index (χ1) is 9.43. The Morgan fingerprint density at radius 1 is 1.35 bits per heavy atom. The second-order valence-electron chi connectivity index (χ2n) is 6.26. The summed E-state index contributed by atoms with van der Waals surface area (Å²) in [5.41, 5.74) is 3.02. The third kappa shape index (κ3) is 2.88. The van der Waals surface area contributed by atoms with Gasteiger partial charge in [0.05, 0.1) is 0 Å². The average Bonchev–Trinajstić information content (AvgIpc) is 3.14. The van der Waals surface area contributed by atoms with Crippen LogP contribution in [0.2, 0.25) is 0 Å². The molecule has 2 heterocycles. The van der Waals surface area contributed by atoms with Gasteiger partial charge in [0.1, 0.15) is 33.7 Å². The molecule has 106 valence electrons. The number of pyridine rings is 1. The molecule has 20 heavy (non-hydrogen) atoms. The van der Waals surface area contributed by atoms with Crippen LogP contribution in [-0.4, -0.2) is 24.9 Å². The van der Waals surface area contributed by atoms with E-state index >= 15 is 0 Å². The first kappa shape index (κ1) is 13.6. The summed E-state index contributed by atoms with van der Waals surface area (Å²) in [6.45, 7) is 5.73. The molecule has 0 aromatic carbocycles. The highest BCUT2D eigenvalue weighted by Gasteiger charge is 2.26. The molecule has 2 aromatic rings. The number of hydrogen-bond acceptors (Lipinski definition) is 3. The predicted molar refractivity (Wildman–Crippen MR) is 82.7 cm³/mol. The van der Waals surface area contributed by atoms with Crippen molar-refractivity contribution in [2.75, 3.05) is 0 Å². The molecular formula is C15H19N3OS. The van der Waals surface area contributed by atoms with Gasteiger partial charge in [-0.1, -0.05) is 10.5 Å². The van der Waals surface area contributed by atoms with Gasteiger partial charge in [-0.15, -0.1) is 0 Å². The van der Waals surface area contributed by atoms with Crippen LogP contribution >= 0.6 is 0 Å². The van der Waals surface area contributed by atoms with Crippen LogP contribution in [0.4, 0.5) is 0 Å². The number of hydrogen-bond donors (Lipinski definition) is 0. The van der Waals surface area contributed by atoms with Crippen LogP contribution in [0.3, 0.4) is 0 Å². The maximum atomic E-state index is 11.9. The minimum atomic E-state index is -1.24. The van der Waals surface area contributed by atoms with Crippen LogP contribution in [-0.2, 0) is 11.4 Å². The zero-order chi connectivity index (χ0) is 14.3. The molecule has 0 saturated heterocycles. The summed E-state index contributed by atoms with van der Waals surface area (Å²) >= 11 is -1.24. The first-order valence-corrected chi connectivity index (χ1v) is 7.99. The Balaban J connectivity index is 1.83. The third-order valence-corrected chi connectivity index (χ3v) is 4.69. The largest absolute Gasteiger partial charge is 0.591 e. The van der Waals surface area contributed by atoms with E-state index in [1.807, 2.05) is 37.4 Å². The summed E-state index contributed by atoms with van der Waals surface area (Å²) in [7, 11) is 0. The normalized spacial score (nSPS) is 18.0. The lowest BCUT2D eigenvalue weighted by molar-refractivity contribution is 0.562. The van der Waals surface area contributed by atoms with Crippen LogP contribution in [0.5, 0.6) is 0 Å². The molecule has 0 bridgehead atoms. The molecule has 2 aromatic heterocycles. The number of aromatic nitrogens is 2. The highest BCUT2D eigenvalue weighted by molar-refractivity contribution is 7.91. The fraction of sp³-hybridized carbons (Fsp3) is 0.467. The minimum Gasteiger partial charge on any atom is -0.591 e. The lowest BCUT2D eigenvalue weighted by Crippen LogP contribution is -2.25. The van der Waals surface area contributed by atoms with E-state index in [2.05, 4.69) is 21.6 Å². The van der Waals surface area contributed by atoms with E-state index in [1.165, 1.54) is 18.4 Å². The van der Waals surface area contributed by atoms with E-state index in [0.29, 0.717) is 0 Å². The van der Waals surface area contributed by atoms with E-state index < -0.39 is 11.4 Å². The summed E-state index contributed by atoms with van der Waals surface area (Å²) in [5.74, 6) is 0.729. The third-order valence-electron chi connectivity index (χ3n) is 3.35. The van der Waals surface area contributed by atoms with Gasteiger partial charge in [-0.2, -0.15) is 0 Å². The summed E-state index contributed by atoms with van der Waals surface area (Å²) in [6, 6.07) is 4.18. The Hall–Kier alpha value is -1.33. The number of nitrogens with zero attached hydrogens (tertiary/aromatic N) is 3. The van der Waals surface area contributed by atoms with Crippen molar-refractivity contribution in [1.82, 2.24) is 9.38 Å². The van der Waals surface area contributed by atoms with Gasteiger partial charge in [-0.25, -0.2) is 4.98 Å². The minimum absolute atomic E-state index is 0.338. The SMILES string of the molecule is CC(C)(C)[S@@+]([O-])/N=C/c1cn2cc(C3CC3)ccc2n1. The molecule has 3 rings (SSSR count). The molecule has 0 aliphatic heterocycles. The quantitative estimate of drug-likeness (QED) is 0.644. The van der Waals surface area contributed by atoms with Crippen molar-refractivity contribution in [3.8, 4) is 0 Å². The van der Waals surface area contributed by atoms with Gasteiger partial charge in [0.2, 0.25) is 0 Å². The molecule has 1 aliphatic rings. The van der Waals surface area contributed by atoms with E-state index in [-0.39, 0.29) is 4.75 Å². The second-order valence-corrected chi connectivity index (χ2v) is 8.20. The van der Waals surface area contributed by atoms with Crippen LogP contribution in [0.1, 0.15) is 50.8 Å². The van der Waals surface area contributed by atoms with Crippen molar-refractivity contribution in [3.63, 3.8) is 0 Å². The van der Waals surface area contributed by atoms with Crippen LogP contribution in [0.25, 0.3) is 5.65 Å². The van der Waals surface area contributed by atoms with Gasteiger partial charge in [0, 0.05) is 12.4 Å². The molecule has 4 nitrogen and oxygen atoms in total. The van der Waals surface area contributed by atoms with Gasteiger partial charge in [-0.05, 0) is 51.2 Å². The Kier molecular flexibility index (Phi) is 3.34. The summed E-state index contributed by atoms with van der Waals surface area (Å²) in [4.78, 5) is 4.47. The van der Waals surface area contributed by atoms with Crippen LogP contribution < -0.4 is 0 Å². The fourth-order valence-corrected chi connectivity index (χ4v) is 2.53. The Labute approximate surface area is 122 Å². The summed E-state index contributed by atoms with van der Waals surface area (Å²) < 4.78 is 17.7. The molecule has 1 saturated carbocycles. The van der Waals surface area contributed by atoms with E-state index in [1.54, 1.807) is 6.21 Å². The van der Waals surface area contributed by atoms with Crippen molar-refractivity contribution in [2.24, 2.45) is 4.40 Å². The lowest BCUT2D eigenvalue weighted by Gasteiger charge is -2.17. The van der Waals surface area contributed by atoms with Crippen molar-refractivity contribution in [2.45, 2.75) is 44.3 Å². The molecule has 0 radical (unpaired) electrons. The number of fused-ring (bicyclic) bond motifs is 1. The Morgan fingerprint density at radius 3 is 2.75 bits per heavy atom. The average molecular weight is 289 g/mol. The second kappa shape index (κ2) is 4.90. The van der Waals surface area contributed by atoms with Crippen molar-refractivity contribution in [1.29, 1.82) is 0 Å². The molecule has 0 unspecified atom stereocenters. The molecule has 0 spiro atoms. The highest BCUT2D eigenvalue weighted by Crippen LogP contribution is 2.39. The first-order valence-electron chi connectivity index (χ1n) is 6.88. The van der Waals surface area contributed by atoms with E-state index in [4.69, 9.17) is 0 Å². The van der Waals surface area contributed by atoms with Gasteiger partial charge in [0.25, 0.3) is 0 Å². The van der Waals surface area contributed by atoms with Crippen molar-refractivity contribution in [3.05, 3.63) is 35.8 Å². The molecule has 0 N–H and O–H groups in total. The number of imidazole rings is 1. The Bertz CT molecular complexity index is 653. The van der Waals surface area contributed by atoms with Crippen LogP contribution in [0, 0.1) is 0 Å². The standard InChI is InChI=1S/C15H19N3OS/c1-15(2,3)20(19)16-8-13-10-18-9-12(11-4-5-11)6-7-14(18)17-13/h6-11H,4-5H2,1-3H3/b16-8+/t20-/m1/s1. The molecule has 1 fully saturated rings. The monoisotopic (exact) mass is 289 g/mol. The van der Waals surface area contributed by atoms with Crippen LogP contribution in [0.15, 0.2) is 28.9 Å². The Morgan fingerprint density at radius 2 is 2.10 bits per heavy atom. The van der Waals surface area contributed by atoms with Gasteiger partial charge >= 0.3 is 0 Å². The van der Waals surface area contributed by atoms with Gasteiger partial charge < -0.3 is 8.95 Å². The van der Waals surface area contributed by atoms with E-state index in [9.17, 15) is 4.55 Å². The van der Waals surface area contributed by atoms with Gasteiger partial charge in [0.15, 0.2) is 0 Å². The molecule has 5 heteroatoms. The molecular weight excluding hydrogens is 270 g/mol. The maximum absolute atomic E-state index is 11.9. The van der Waals surface area contributed by atoms with Crippen molar-refractivity contribution >= 4 is 23.2 Å². The maximum Gasteiger partial charge on any atom is 0.144 e. The zero-order valence-electron chi connectivity index (χ0n) is 12.0. The molecule has 1 aliphatic carbocycles. The summed E-state index contributed by atoms with van der Waals surface area (Å²) in [5, 5.41) is 0. The van der Waals surface area contributed by atoms with Crippen molar-refractivity contribution < 1.29 is 4.55 Å². The zero-order valence-corrected chi connectivity index (χ0v) is 12.9.